The van der Waals surface area contributed by atoms with Crippen LogP contribution in [0.2, 0.25) is 0 Å². The van der Waals surface area contributed by atoms with Gasteiger partial charge in [-0.2, -0.15) is 0 Å². The van der Waals surface area contributed by atoms with Gasteiger partial charge in [-0.05, 0) is 30.2 Å². The predicted octanol–water partition coefficient (Wildman–Crippen LogP) is 3.58. The number of amides is 2. The number of carbonyl (C=O) groups is 2. The molecule has 0 fully saturated rings. The van der Waals surface area contributed by atoms with Crippen molar-refractivity contribution in [2.45, 2.75) is 13.8 Å². The van der Waals surface area contributed by atoms with Crippen LogP contribution in [-0.2, 0) is 4.79 Å². The van der Waals surface area contributed by atoms with Gasteiger partial charge in [0.05, 0.1) is 5.69 Å². The Morgan fingerprint density at radius 1 is 1.32 bits per heavy atom. The number of carbonyl (C=O) groups excluding carboxylic acids is 2. The van der Waals surface area contributed by atoms with Gasteiger partial charge in [0.15, 0.2) is 0 Å². The zero-order valence-electron chi connectivity index (χ0n) is 12.7. The van der Waals surface area contributed by atoms with Crippen LogP contribution in [0.4, 0.5) is 11.4 Å². The van der Waals surface area contributed by atoms with Crippen molar-refractivity contribution in [1.82, 2.24) is 0 Å². The second-order valence-corrected chi connectivity index (χ2v) is 5.86. The fourth-order valence-corrected chi connectivity index (χ4v) is 2.89. The Morgan fingerprint density at radius 2 is 2.09 bits per heavy atom. The van der Waals surface area contributed by atoms with E-state index in [1.54, 1.807) is 0 Å². The lowest BCUT2D eigenvalue weighted by Gasteiger charge is -2.20. The lowest BCUT2D eigenvalue weighted by molar-refractivity contribution is -0.111. The molecule has 2 aromatic rings. The van der Waals surface area contributed by atoms with E-state index in [9.17, 15) is 9.59 Å². The normalized spacial score (nSPS) is 13.0. The van der Waals surface area contributed by atoms with E-state index < -0.39 is 0 Å². The minimum Gasteiger partial charge on any atom is -0.322 e. The van der Waals surface area contributed by atoms with E-state index in [4.69, 9.17) is 0 Å². The standard InChI is InChI=1S/C18H18N2O2/c1-4-16(21)19-14-8-9-15-17-12(14)6-5-7-13(17)18(22)20(15)10-11(2)3/h4-9,11H,1,10H2,2-3H3,(H,19,21). The topological polar surface area (TPSA) is 49.4 Å². The summed E-state index contributed by atoms with van der Waals surface area (Å²) < 4.78 is 0. The van der Waals surface area contributed by atoms with E-state index in [1.165, 1.54) is 6.08 Å². The Morgan fingerprint density at radius 3 is 2.77 bits per heavy atom. The fraction of sp³-hybridized carbons (Fsp3) is 0.222. The quantitative estimate of drug-likeness (QED) is 0.876. The van der Waals surface area contributed by atoms with Gasteiger partial charge in [0, 0.05) is 28.6 Å². The van der Waals surface area contributed by atoms with E-state index in [2.05, 4.69) is 25.7 Å². The third-order valence-electron chi connectivity index (χ3n) is 3.78. The van der Waals surface area contributed by atoms with Crippen molar-refractivity contribution in [2.24, 2.45) is 5.92 Å². The first-order valence-electron chi connectivity index (χ1n) is 7.34. The van der Waals surface area contributed by atoms with Gasteiger partial charge in [-0.1, -0.05) is 32.6 Å². The van der Waals surface area contributed by atoms with Gasteiger partial charge >= 0.3 is 0 Å². The third kappa shape index (κ3) is 2.17. The van der Waals surface area contributed by atoms with Crippen LogP contribution in [0.5, 0.6) is 0 Å². The average Bonchev–Trinajstić information content (AvgIpc) is 2.76. The fourth-order valence-electron chi connectivity index (χ4n) is 2.89. The Bertz CT molecular complexity index is 793. The molecule has 1 N–H and O–H groups in total. The summed E-state index contributed by atoms with van der Waals surface area (Å²) >= 11 is 0. The SMILES string of the molecule is C=CC(=O)Nc1ccc2c3c(cccc13)C(=O)N2CC(C)C. The second-order valence-electron chi connectivity index (χ2n) is 5.86. The van der Waals surface area contributed by atoms with Crippen LogP contribution in [0.25, 0.3) is 10.8 Å². The number of nitrogens with zero attached hydrogens (tertiary/aromatic N) is 1. The molecule has 4 heteroatoms. The Kier molecular flexibility index (Phi) is 3.45. The zero-order valence-corrected chi connectivity index (χ0v) is 12.7. The van der Waals surface area contributed by atoms with Crippen molar-refractivity contribution in [3.05, 3.63) is 48.6 Å². The largest absolute Gasteiger partial charge is 0.322 e. The lowest BCUT2D eigenvalue weighted by atomic mass is 10.0. The first kappa shape index (κ1) is 14.3. The van der Waals surface area contributed by atoms with Gasteiger partial charge in [-0.3, -0.25) is 9.59 Å². The summed E-state index contributed by atoms with van der Waals surface area (Å²) in [5.74, 6) is 0.152. The molecule has 0 unspecified atom stereocenters. The highest BCUT2D eigenvalue weighted by Gasteiger charge is 2.30. The molecule has 2 amide bonds. The van der Waals surface area contributed by atoms with E-state index in [0.717, 1.165) is 16.5 Å². The van der Waals surface area contributed by atoms with Gasteiger partial charge < -0.3 is 10.2 Å². The van der Waals surface area contributed by atoms with E-state index >= 15 is 0 Å². The first-order valence-corrected chi connectivity index (χ1v) is 7.34. The predicted molar refractivity (Wildman–Crippen MR) is 89.3 cm³/mol. The maximum Gasteiger partial charge on any atom is 0.259 e. The maximum atomic E-state index is 12.6. The number of nitrogens with one attached hydrogen (secondary N) is 1. The van der Waals surface area contributed by atoms with E-state index in [1.807, 2.05) is 35.2 Å². The van der Waals surface area contributed by atoms with Crippen molar-refractivity contribution in [1.29, 1.82) is 0 Å². The lowest BCUT2D eigenvalue weighted by Crippen LogP contribution is -2.30. The van der Waals surface area contributed by atoms with Gasteiger partial charge in [-0.25, -0.2) is 0 Å². The van der Waals surface area contributed by atoms with Gasteiger partial charge in [0.25, 0.3) is 5.91 Å². The number of hydrogen-bond acceptors (Lipinski definition) is 2. The van der Waals surface area contributed by atoms with Crippen LogP contribution in [0.1, 0.15) is 24.2 Å². The maximum absolute atomic E-state index is 12.6. The van der Waals surface area contributed by atoms with Crippen LogP contribution in [-0.4, -0.2) is 18.4 Å². The van der Waals surface area contributed by atoms with Gasteiger partial charge in [0.1, 0.15) is 0 Å². The molecule has 1 aliphatic heterocycles. The molecule has 0 atom stereocenters. The molecule has 22 heavy (non-hydrogen) atoms. The summed E-state index contributed by atoms with van der Waals surface area (Å²) in [5.41, 5.74) is 2.31. The summed E-state index contributed by atoms with van der Waals surface area (Å²) in [7, 11) is 0. The van der Waals surface area contributed by atoms with Crippen molar-refractivity contribution < 1.29 is 9.59 Å². The average molecular weight is 294 g/mol. The summed E-state index contributed by atoms with van der Waals surface area (Å²) in [5, 5.41) is 4.59. The van der Waals surface area contributed by atoms with E-state index in [0.29, 0.717) is 23.7 Å². The molecule has 0 saturated heterocycles. The highest BCUT2D eigenvalue weighted by atomic mass is 16.2. The smallest absolute Gasteiger partial charge is 0.259 e. The highest BCUT2D eigenvalue weighted by Crippen LogP contribution is 2.40. The van der Waals surface area contributed by atoms with Crippen molar-refractivity contribution in [3.63, 3.8) is 0 Å². The molecule has 1 aliphatic rings. The van der Waals surface area contributed by atoms with Crippen molar-refractivity contribution in [3.8, 4) is 0 Å². The van der Waals surface area contributed by atoms with Gasteiger partial charge in [-0.15, -0.1) is 0 Å². The molecule has 0 saturated carbocycles. The molecule has 0 spiro atoms. The van der Waals surface area contributed by atoms with Crippen LogP contribution in [0, 0.1) is 5.92 Å². The molecular formula is C18H18N2O2. The molecule has 0 radical (unpaired) electrons. The molecule has 1 heterocycles. The Labute approximate surface area is 129 Å². The van der Waals surface area contributed by atoms with Crippen molar-refractivity contribution >= 4 is 34.0 Å². The van der Waals surface area contributed by atoms with Crippen LogP contribution < -0.4 is 10.2 Å². The zero-order chi connectivity index (χ0) is 15.9. The van der Waals surface area contributed by atoms with Crippen molar-refractivity contribution in [2.75, 3.05) is 16.8 Å². The van der Waals surface area contributed by atoms with Crippen LogP contribution >= 0.6 is 0 Å². The molecule has 2 aromatic carbocycles. The number of anilines is 2. The molecule has 0 bridgehead atoms. The molecular weight excluding hydrogens is 276 g/mol. The first-order chi connectivity index (χ1) is 10.5. The van der Waals surface area contributed by atoms with Crippen LogP contribution in [0.15, 0.2) is 43.0 Å². The van der Waals surface area contributed by atoms with E-state index in [-0.39, 0.29) is 11.8 Å². The number of rotatable bonds is 4. The summed E-state index contributed by atoms with van der Waals surface area (Å²) in [4.78, 5) is 26.0. The summed E-state index contributed by atoms with van der Waals surface area (Å²) in [6.45, 7) is 8.33. The monoisotopic (exact) mass is 294 g/mol. The molecule has 0 aliphatic carbocycles. The van der Waals surface area contributed by atoms with Crippen LogP contribution in [0.3, 0.4) is 0 Å². The number of hydrogen-bond donors (Lipinski definition) is 1. The Hall–Kier alpha value is -2.62. The minimum atomic E-state index is -0.260. The minimum absolute atomic E-state index is 0.0292. The summed E-state index contributed by atoms with van der Waals surface area (Å²) in [6.07, 6.45) is 1.24. The molecule has 3 rings (SSSR count). The third-order valence-corrected chi connectivity index (χ3v) is 3.78. The van der Waals surface area contributed by atoms with Gasteiger partial charge in [0.2, 0.25) is 5.91 Å². The Balaban J connectivity index is 2.17. The summed E-state index contributed by atoms with van der Waals surface area (Å²) in [6, 6.07) is 9.36. The molecule has 4 nitrogen and oxygen atoms in total. The number of benzene rings is 2. The highest BCUT2D eigenvalue weighted by molar-refractivity contribution is 6.27. The second kappa shape index (κ2) is 5.30. The molecule has 112 valence electrons. The molecule has 0 aromatic heterocycles.